The molecule has 0 aliphatic carbocycles. The number of ether oxygens (including phenoxy) is 5. The summed E-state index contributed by atoms with van der Waals surface area (Å²) in [6, 6.07) is 8.96. The van der Waals surface area contributed by atoms with E-state index in [0.29, 0.717) is 67.0 Å². The average molecular weight is 561 g/mol. The highest BCUT2D eigenvalue weighted by molar-refractivity contribution is 7.08. The van der Waals surface area contributed by atoms with Gasteiger partial charge in [-0.15, -0.1) is 22.7 Å². The summed E-state index contributed by atoms with van der Waals surface area (Å²) in [5.41, 5.74) is 2.87. The smallest absolute Gasteiger partial charge is 0.189 e. The lowest BCUT2D eigenvalue weighted by atomic mass is 10.1. The fourth-order valence-corrected chi connectivity index (χ4v) is 5.31. The molecule has 0 amide bonds. The maximum Gasteiger partial charge on any atom is 0.189 e. The Morgan fingerprint density at radius 2 is 1.11 bits per heavy atom. The first-order valence-electron chi connectivity index (χ1n) is 12.4. The van der Waals surface area contributed by atoms with Crippen LogP contribution < -0.4 is 18.9 Å². The van der Waals surface area contributed by atoms with Crippen molar-refractivity contribution < 1.29 is 32.5 Å². The van der Waals surface area contributed by atoms with Gasteiger partial charge in [0.2, 0.25) is 0 Å². The molecule has 2 heterocycles. The van der Waals surface area contributed by atoms with Gasteiger partial charge < -0.3 is 23.7 Å². The van der Waals surface area contributed by atoms with E-state index in [-0.39, 0.29) is 18.4 Å². The molecule has 0 N–H and O–H groups in total. The van der Waals surface area contributed by atoms with E-state index in [1.807, 2.05) is 35.4 Å². The Kier molecular flexibility index (Phi) is 10.4. The lowest BCUT2D eigenvalue weighted by molar-refractivity contribution is 0.0230. The van der Waals surface area contributed by atoms with Gasteiger partial charge in [-0.2, -0.15) is 0 Å². The van der Waals surface area contributed by atoms with E-state index in [9.17, 15) is 8.78 Å². The predicted molar refractivity (Wildman–Crippen MR) is 148 cm³/mol. The molecule has 0 unspecified atom stereocenters. The van der Waals surface area contributed by atoms with Gasteiger partial charge in [0.1, 0.15) is 34.6 Å². The normalized spacial score (nSPS) is 10.9. The summed E-state index contributed by atoms with van der Waals surface area (Å²) in [6.45, 7) is 5.87. The van der Waals surface area contributed by atoms with Crippen LogP contribution in [0.2, 0.25) is 0 Å². The second-order valence-corrected chi connectivity index (χ2v) is 9.66. The Bertz CT molecular complexity index is 1300. The molecular formula is C29H30F2O5S2. The molecule has 5 nitrogen and oxygen atoms in total. The lowest BCUT2D eigenvalue weighted by Gasteiger charge is -2.14. The fraction of sp³-hybridized carbons (Fsp3) is 0.310. The van der Waals surface area contributed by atoms with Crippen molar-refractivity contribution in [2.75, 3.05) is 33.2 Å². The van der Waals surface area contributed by atoms with Crippen molar-refractivity contribution in [1.82, 2.24) is 0 Å². The maximum atomic E-state index is 14.1. The first-order chi connectivity index (χ1) is 18.6. The van der Waals surface area contributed by atoms with Crippen LogP contribution in [0.5, 0.6) is 23.0 Å². The third-order valence-corrected chi connectivity index (χ3v) is 7.02. The van der Waals surface area contributed by atoms with Crippen LogP contribution in [0.4, 0.5) is 8.78 Å². The molecule has 0 saturated heterocycles. The van der Waals surface area contributed by atoms with Gasteiger partial charge in [0.15, 0.2) is 6.79 Å². The molecule has 4 rings (SSSR count). The summed E-state index contributed by atoms with van der Waals surface area (Å²) in [4.78, 5) is 0. The van der Waals surface area contributed by atoms with E-state index >= 15 is 0 Å². The largest absolute Gasteiger partial charge is 0.493 e. The Hall–Kier alpha value is -3.14. The van der Waals surface area contributed by atoms with Crippen LogP contribution in [-0.2, 0) is 4.74 Å². The van der Waals surface area contributed by atoms with E-state index in [2.05, 4.69) is 0 Å². The highest BCUT2D eigenvalue weighted by Crippen LogP contribution is 2.41. The van der Waals surface area contributed by atoms with E-state index in [1.165, 1.54) is 46.9 Å². The van der Waals surface area contributed by atoms with Crippen molar-refractivity contribution in [2.45, 2.75) is 26.7 Å². The Morgan fingerprint density at radius 3 is 1.61 bits per heavy atom. The molecule has 0 aliphatic heterocycles. The Balaban J connectivity index is 1.33. The quantitative estimate of drug-likeness (QED) is 0.108. The molecule has 9 heteroatoms. The van der Waals surface area contributed by atoms with Gasteiger partial charge in [0.25, 0.3) is 0 Å². The minimum atomic E-state index is -0.351. The number of unbranched alkanes of at least 4 members (excludes halogenated alkanes) is 1. The first kappa shape index (κ1) is 27.9. The summed E-state index contributed by atoms with van der Waals surface area (Å²) < 4.78 is 56.8. The molecular weight excluding hydrogens is 530 g/mol. The third kappa shape index (κ3) is 7.24. The number of rotatable bonds is 15. The van der Waals surface area contributed by atoms with Crippen LogP contribution in [0, 0.1) is 11.6 Å². The highest BCUT2D eigenvalue weighted by Gasteiger charge is 2.16. The fourth-order valence-electron chi connectivity index (χ4n) is 3.78. The van der Waals surface area contributed by atoms with Gasteiger partial charge in [-0.05, 0) is 63.1 Å². The molecule has 0 radical (unpaired) electrons. The topological polar surface area (TPSA) is 46.2 Å². The van der Waals surface area contributed by atoms with Crippen molar-refractivity contribution in [3.8, 4) is 45.3 Å². The number of halogens is 2. The second-order valence-electron chi connectivity index (χ2n) is 8.17. The first-order valence-corrected chi connectivity index (χ1v) is 14.3. The zero-order chi connectivity index (χ0) is 26.7. The molecule has 0 bridgehead atoms. The summed E-state index contributed by atoms with van der Waals surface area (Å²) in [5.74, 6) is 1.84. The minimum absolute atomic E-state index is 0.126. The van der Waals surface area contributed by atoms with Crippen LogP contribution in [-0.4, -0.2) is 33.2 Å². The van der Waals surface area contributed by atoms with Gasteiger partial charge in [0.05, 0.1) is 19.8 Å². The number of thiophene rings is 2. The van der Waals surface area contributed by atoms with Gasteiger partial charge in [-0.25, -0.2) is 8.78 Å². The van der Waals surface area contributed by atoms with Crippen molar-refractivity contribution in [2.24, 2.45) is 0 Å². The van der Waals surface area contributed by atoms with E-state index in [4.69, 9.17) is 23.7 Å². The molecule has 0 atom stereocenters. The van der Waals surface area contributed by atoms with Gasteiger partial charge in [-0.1, -0.05) is 0 Å². The lowest BCUT2D eigenvalue weighted by Crippen LogP contribution is -2.05. The second kappa shape index (κ2) is 14.1. The zero-order valence-corrected chi connectivity index (χ0v) is 23.0. The molecule has 202 valence electrons. The van der Waals surface area contributed by atoms with E-state index < -0.39 is 0 Å². The SMILES string of the molecule is CCOCOc1cscc1-c1cc(F)ccc1OCCCCOc1ccc(F)cc1-c1cscc1OCC. The van der Waals surface area contributed by atoms with Gasteiger partial charge in [0, 0.05) is 50.4 Å². The van der Waals surface area contributed by atoms with Crippen LogP contribution in [0.3, 0.4) is 0 Å². The van der Waals surface area contributed by atoms with E-state index in [0.717, 1.165) is 17.5 Å². The molecule has 0 aliphatic rings. The highest BCUT2D eigenvalue weighted by atomic mass is 32.1. The monoisotopic (exact) mass is 560 g/mol. The summed E-state index contributed by atoms with van der Waals surface area (Å²) >= 11 is 2.96. The van der Waals surface area contributed by atoms with Crippen LogP contribution in [0.15, 0.2) is 57.9 Å². The number of hydrogen-bond donors (Lipinski definition) is 0. The standard InChI is InChI=1S/C29H30F2O5S2/c1-3-32-19-36-29-18-38-16-25(29)23-14-21(31)8-10-27(23)35-12-6-5-11-34-26-9-7-20(30)13-22(26)24-15-37-17-28(24)33-4-2/h7-10,13-18H,3-6,11-12,19H2,1-2H3. The van der Waals surface area contributed by atoms with Crippen molar-refractivity contribution in [3.63, 3.8) is 0 Å². The van der Waals surface area contributed by atoms with Crippen LogP contribution in [0.1, 0.15) is 26.7 Å². The molecule has 2 aromatic carbocycles. The van der Waals surface area contributed by atoms with E-state index in [1.54, 1.807) is 12.1 Å². The zero-order valence-electron chi connectivity index (χ0n) is 21.3. The van der Waals surface area contributed by atoms with Crippen LogP contribution >= 0.6 is 22.7 Å². The molecule has 4 aromatic rings. The summed E-state index contributed by atoms with van der Waals surface area (Å²) in [5, 5.41) is 7.60. The number of benzene rings is 2. The van der Waals surface area contributed by atoms with Gasteiger partial charge in [-0.3, -0.25) is 0 Å². The third-order valence-electron chi connectivity index (χ3n) is 5.57. The van der Waals surface area contributed by atoms with Gasteiger partial charge >= 0.3 is 0 Å². The minimum Gasteiger partial charge on any atom is -0.493 e. The molecule has 0 saturated carbocycles. The van der Waals surface area contributed by atoms with Crippen LogP contribution in [0.25, 0.3) is 22.3 Å². The average Bonchev–Trinajstić information content (AvgIpc) is 3.57. The van der Waals surface area contributed by atoms with Crippen molar-refractivity contribution in [1.29, 1.82) is 0 Å². The molecule has 0 spiro atoms. The molecule has 0 fully saturated rings. The predicted octanol–water partition coefficient (Wildman–Crippen LogP) is 8.43. The van der Waals surface area contributed by atoms with Crippen molar-refractivity contribution in [3.05, 3.63) is 69.6 Å². The summed E-state index contributed by atoms with van der Waals surface area (Å²) in [6.07, 6.45) is 1.43. The maximum absolute atomic E-state index is 14.1. The Labute approximate surface area is 229 Å². The van der Waals surface area contributed by atoms with Crippen molar-refractivity contribution >= 4 is 22.7 Å². The molecule has 2 aromatic heterocycles. The number of hydrogen-bond acceptors (Lipinski definition) is 7. The summed E-state index contributed by atoms with van der Waals surface area (Å²) in [7, 11) is 0. The molecule has 38 heavy (non-hydrogen) atoms. The Morgan fingerprint density at radius 1 is 0.579 bits per heavy atom.